The Bertz CT molecular complexity index is 1240. The third kappa shape index (κ3) is 5.49. The van der Waals surface area contributed by atoms with Crippen LogP contribution in [0, 0.1) is 5.82 Å². The maximum Gasteiger partial charge on any atom is 0.234 e. The Morgan fingerprint density at radius 3 is 2.42 bits per heavy atom. The van der Waals surface area contributed by atoms with E-state index in [9.17, 15) is 9.18 Å². The van der Waals surface area contributed by atoms with Gasteiger partial charge >= 0.3 is 0 Å². The van der Waals surface area contributed by atoms with E-state index in [2.05, 4.69) is 29.4 Å². The van der Waals surface area contributed by atoms with E-state index >= 15 is 0 Å². The zero-order chi connectivity index (χ0) is 23.2. The molecule has 3 aromatic carbocycles. The maximum atomic E-state index is 14.5. The second-order valence-electron chi connectivity index (χ2n) is 7.94. The number of amides is 1. The first-order valence-corrected chi connectivity index (χ1v) is 11.7. The number of halogens is 1. The fourth-order valence-electron chi connectivity index (χ4n) is 3.58. The van der Waals surface area contributed by atoms with Gasteiger partial charge < -0.3 is 5.32 Å². The van der Waals surface area contributed by atoms with E-state index in [0.717, 1.165) is 16.8 Å². The molecule has 0 saturated heterocycles. The predicted molar refractivity (Wildman–Crippen MR) is 131 cm³/mol. The molecular weight excluding hydrogens is 435 g/mol. The highest BCUT2D eigenvalue weighted by molar-refractivity contribution is 7.99. The molecule has 0 aliphatic rings. The number of nitrogens with zero attached hydrogens (tertiary/aromatic N) is 3. The minimum atomic E-state index is -0.362. The van der Waals surface area contributed by atoms with Gasteiger partial charge in [-0.25, -0.2) is 4.39 Å². The summed E-state index contributed by atoms with van der Waals surface area (Å²) in [5.74, 6) is 0.404. The molecule has 0 spiro atoms. The van der Waals surface area contributed by atoms with E-state index in [1.165, 1.54) is 17.8 Å². The monoisotopic (exact) mass is 460 g/mol. The van der Waals surface area contributed by atoms with Gasteiger partial charge in [0.15, 0.2) is 11.0 Å². The molecule has 1 N–H and O–H groups in total. The third-order valence-corrected chi connectivity index (χ3v) is 6.17. The van der Waals surface area contributed by atoms with Gasteiger partial charge in [0, 0.05) is 5.69 Å². The SMILES string of the molecule is CC(C)c1ccccc1NC(=O)CSc1nnc(-c2ccccc2F)n1Cc1ccccc1. The van der Waals surface area contributed by atoms with Crippen LogP contribution in [0.5, 0.6) is 0 Å². The minimum absolute atomic E-state index is 0.130. The van der Waals surface area contributed by atoms with Crippen LogP contribution in [0.4, 0.5) is 10.1 Å². The fraction of sp³-hybridized carbons (Fsp3) is 0.192. The van der Waals surface area contributed by atoms with Crippen molar-refractivity contribution in [2.45, 2.75) is 31.5 Å². The fourth-order valence-corrected chi connectivity index (χ4v) is 4.31. The summed E-state index contributed by atoms with van der Waals surface area (Å²) in [5.41, 5.74) is 3.32. The molecule has 1 amide bonds. The Kier molecular flexibility index (Phi) is 7.19. The lowest BCUT2D eigenvalue weighted by molar-refractivity contribution is -0.113. The molecule has 0 unspecified atom stereocenters. The summed E-state index contributed by atoms with van der Waals surface area (Å²) < 4.78 is 16.4. The first-order chi connectivity index (χ1) is 16.0. The van der Waals surface area contributed by atoms with Gasteiger partial charge in [0.25, 0.3) is 0 Å². The van der Waals surface area contributed by atoms with Gasteiger partial charge in [0.1, 0.15) is 5.82 Å². The molecule has 4 rings (SSSR count). The highest BCUT2D eigenvalue weighted by Gasteiger charge is 2.19. The molecule has 0 fully saturated rings. The van der Waals surface area contributed by atoms with Crippen LogP contribution in [-0.4, -0.2) is 26.4 Å². The van der Waals surface area contributed by atoms with Gasteiger partial charge in [-0.1, -0.05) is 86.3 Å². The first-order valence-electron chi connectivity index (χ1n) is 10.8. The normalized spacial score (nSPS) is 11.0. The van der Waals surface area contributed by atoms with Crippen molar-refractivity contribution < 1.29 is 9.18 Å². The number of carbonyl (C=O) groups is 1. The molecular formula is C26H25FN4OS. The van der Waals surface area contributed by atoms with E-state index in [1.54, 1.807) is 18.2 Å². The number of rotatable bonds is 8. The van der Waals surface area contributed by atoms with Crippen LogP contribution >= 0.6 is 11.8 Å². The first kappa shape index (κ1) is 22.7. The zero-order valence-corrected chi connectivity index (χ0v) is 19.3. The molecule has 5 nitrogen and oxygen atoms in total. The third-order valence-electron chi connectivity index (χ3n) is 5.20. The van der Waals surface area contributed by atoms with Gasteiger partial charge in [-0.05, 0) is 35.2 Å². The van der Waals surface area contributed by atoms with Crippen LogP contribution in [0.2, 0.25) is 0 Å². The van der Waals surface area contributed by atoms with Gasteiger partial charge in [-0.15, -0.1) is 10.2 Å². The number of anilines is 1. The molecule has 1 heterocycles. The van der Waals surface area contributed by atoms with Crippen molar-refractivity contribution in [1.82, 2.24) is 14.8 Å². The van der Waals surface area contributed by atoms with E-state index < -0.39 is 0 Å². The molecule has 1 aromatic heterocycles. The molecule has 0 aliphatic heterocycles. The zero-order valence-electron chi connectivity index (χ0n) is 18.5. The molecule has 0 saturated carbocycles. The highest BCUT2D eigenvalue weighted by Crippen LogP contribution is 2.28. The van der Waals surface area contributed by atoms with Crippen molar-refractivity contribution in [3.63, 3.8) is 0 Å². The lowest BCUT2D eigenvalue weighted by Crippen LogP contribution is -2.16. The van der Waals surface area contributed by atoms with Crippen LogP contribution < -0.4 is 5.32 Å². The van der Waals surface area contributed by atoms with Crippen molar-refractivity contribution >= 4 is 23.4 Å². The number of thioether (sulfide) groups is 1. The van der Waals surface area contributed by atoms with Crippen molar-refractivity contribution in [2.24, 2.45) is 0 Å². The Labute approximate surface area is 197 Å². The van der Waals surface area contributed by atoms with Crippen LogP contribution in [0.1, 0.15) is 30.9 Å². The van der Waals surface area contributed by atoms with Crippen molar-refractivity contribution in [1.29, 1.82) is 0 Å². The maximum absolute atomic E-state index is 14.5. The van der Waals surface area contributed by atoms with E-state index in [4.69, 9.17) is 0 Å². The van der Waals surface area contributed by atoms with Gasteiger partial charge in [0.2, 0.25) is 5.91 Å². The topological polar surface area (TPSA) is 59.8 Å². The second-order valence-corrected chi connectivity index (χ2v) is 8.88. The summed E-state index contributed by atoms with van der Waals surface area (Å²) in [7, 11) is 0. The van der Waals surface area contributed by atoms with Crippen molar-refractivity contribution in [3.05, 3.63) is 95.8 Å². The van der Waals surface area contributed by atoms with Gasteiger partial charge in [-0.3, -0.25) is 9.36 Å². The average molecular weight is 461 g/mol. The average Bonchev–Trinajstić information content (AvgIpc) is 3.21. The number of hydrogen-bond acceptors (Lipinski definition) is 4. The molecule has 0 bridgehead atoms. The number of nitrogens with one attached hydrogen (secondary N) is 1. The number of para-hydroxylation sites is 1. The predicted octanol–water partition coefficient (Wildman–Crippen LogP) is 5.99. The summed E-state index contributed by atoms with van der Waals surface area (Å²) in [5, 5.41) is 12.1. The van der Waals surface area contributed by atoms with E-state index in [1.807, 2.05) is 59.2 Å². The Morgan fingerprint density at radius 1 is 0.970 bits per heavy atom. The Balaban J connectivity index is 1.56. The minimum Gasteiger partial charge on any atom is -0.325 e. The van der Waals surface area contributed by atoms with E-state index in [0.29, 0.717) is 29.0 Å². The lowest BCUT2D eigenvalue weighted by Gasteiger charge is -2.14. The molecule has 4 aromatic rings. The Morgan fingerprint density at radius 2 is 1.67 bits per heavy atom. The molecule has 7 heteroatoms. The van der Waals surface area contributed by atoms with E-state index in [-0.39, 0.29) is 17.5 Å². The van der Waals surface area contributed by atoms with Crippen LogP contribution in [-0.2, 0) is 11.3 Å². The number of carbonyl (C=O) groups excluding carboxylic acids is 1. The largest absolute Gasteiger partial charge is 0.325 e. The number of hydrogen-bond donors (Lipinski definition) is 1. The smallest absolute Gasteiger partial charge is 0.234 e. The molecule has 168 valence electrons. The van der Waals surface area contributed by atoms with Crippen LogP contribution in [0.15, 0.2) is 84.0 Å². The summed E-state index contributed by atoms with van der Waals surface area (Å²) in [6.07, 6.45) is 0. The van der Waals surface area contributed by atoms with Crippen LogP contribution in [0.3, 0.4) is 0 Å². The molecule has 33 heavy (non-hydrogen) atoms. The number of benzene rings is 3. The quantitative estimate of drug-likeness (QED) is 0.328. The summed E-state index contributed by atoms with van der Waals surface area (Å²) >= 11 is 1.28. The molecule has 0 atom stereocenters. The summed E-state index contributed by atoms with van der Waals surface area (Å²) in [4.78, 5) is 12.7. The lowest BCUT2D eigenvalue weighted by atomic mass is 10.0. The highest BCUT2D eigenvalue weighted by atomic mass is 32.2. The standard InChI is InChI=1S/C26H25FN4OS/c1-18(2)20-12-7-9-15-23(20)28-24(32)17-33-26-30-29-25(21-13-6-8-14-22(21)27)31(26)16-19-10-4-3-5-11-19/h3-15,18H,16-17H2,1-2H3,(H,28,32). The number of aromatic nitrogens is 3. The Hall–Kier alpha value is -3.45. The summed E-state index contributed by atoms with van der Waals surface area (Å²) in [6.45, 7) is 4.66. The van der Waals surface area contributed by atoms with Crippen LogP contribution in [0.25, 0.3) is 11.4 Å². The molecule has 0 radical (unpaired) electrons. The van der Waals surface area contributed by atoms with Crippen molar-refractivity contribution in [3.8, 4) is 11.4 Å². The second kappa shape index (κ2) is 10.4. The van der Waals surface area contributed by atoms with Gasteiger partial charge in [-0.2, -0.15) is 0 Å². The summed E-state index contributed by atoms with van der Waals surface area (Å²) in [6, 6.07) is 24.2. The van der Waals surface area contributed by atoms with Crippen molar-refractivity contribution in [2.75, 3.05) is 11.1 Å². The molecule has 0 aliphatic carbocycles. The van der Waals surface area contributed by atoms with Gasteiger partial charge in [0.05, 0.1) is 17.9 Å².